The topological polar surface area (TPSA) is 89.0 Å². The second kappa shape index (κ2) is 13.6. The fourth-order valence-corrected chi connectivity index (χ4v) is 3.78. The molecule has 7 nitrogen and oxygen atoms in total. The predicted octanol–water partition coefficient (Wildman–Crippen LogP) is 5.85. The SMILES string of the molecule is CCCCOc1c(Br)cc(C=NNC(=O)C(NC(=O)c2ccc(Cl)c(Cl)c2)C(C)C)cc1OC. The monoisotopic (exact) mass is 571 g/mol. The lowest BCUT2D eigenvalue weighted by molar-refractivity contribution is -0.123. The van der Waals surface area contributed by atoms with Gasteiger partial charge in [0.05, 0.1) is 34.4 Å². The van der Waals surface area contributed by atoms with Gasteiger partial charge < -0.3 is 14.8 Å². The molecule has 0 aliphatic rings. The molecular weight excluding hydrogens is 545 g/mol. The summed E-state index contributed by atoms with van der Waals surface area (Å²) in [5.74, 6) is 0.0823. The maximum absolute atomic E-state index is 12.7. The summed E-state index contributed by atoms with van der Waals surface area (Å²) >= 11 is 15.4. The second-order valence-corrected chi connectivity index (χ2v) is 9.46. The first-order valence-electron chi connectivity index (χ1n) is 10.8. The zero-order chi connectivity index (χ0) is 25.3. The highest BCUT2D eigenvalue weighted by atomic mass is 79.9. The fraction of sp³-hybridized carbons (Fsp3) is 0.375. The van der Waals surface area contributed by atoms with Crippen LogP contribution in [0.25, 0.3) is 0 Å². The van der Waals surface area contributed by atoms with E-state index >= 15 is 0 Å². The average Bonchev–Trinajstić information content (AvgIpc) is 2.79. The summed E-state index contributed by atoms with van der Waals surface area (Å²) in [7, 11) is 1.56. The fourth-order valence-electron chi connectivity index (χ4n) is 2.91. The lowest BCUT2D eigenvalue weighted by Gasteiger charge is -2.20. The number of amides is 2. The molecule has 0 saturated heterocycles. The van der Waals surface area contributed by atoms with Crippen LogP contribution < -0.4 is 20.2 Å². The van der Waals surface area contributed by atoms with Crippen LogP contribution in [0, 0.1) is 5.92 Å². The largest absolute Gasteiger partial charge is 0.493 e. The Morgan fingerprint density at radius 3 is 2.53 bits per heavy atom. The molecule has 0 aliphatic heterocycles. The van der Waals surface area contributed by atoms with Crippen molar-refractivity contribution < 1.29 is 19.1 Å². The van der Waals surface area contributed by atoms with E-state index in [4.69, 9.17) is 32.7 Å². The van der Waals surface area contributed by atoms with Crippen LogP contribution in [0.3, 0.4) is 0 Å². The van der Waals surface area contributed by atoms with Gasteiger partial charge in [0.25, 0.3) is 11.8 Å². The summed E-state index contributed by atoms with van der Waals surface area (Å²) in [6.07, 6.45) is 3.44. The molecule has 34 heavy (non-hydrogen) atoms. The van der Waals surface area contributed by atoms with Crippen molar-refractivity contribution in [2.45, 2.75) is 39.7 Å². The minimum absolute atomic E-state index is 0.185. The Morgan fingerprint density at radius 2 is 1.91 bits per heavy atom. The van der Waals surface area contributed by atoms with Crippen molar-refractivity contribution in [1.29, 1.82) is 0 Å². The maximum Gasteiger partial charge on any atom is 0.262 e. The van der Waals surface area contributed by atoms with Gasteiger partial charge in [-0.05, 0) is 64.2 Å². The van der Waals surface area contributed by atoms with Gasteiger partial charge in [0.15, 0.2) is 11.5 Å². The van der Waals surface area contributed by atoms with E-state index in [0.29, 0.717) is 38.7 Å². The van der Waals surface area contributed by atoms with Crippen LogP contribution in [0.2, 0.25) is 10.0 Å². The molecule has 0 saturated carbocycles. The Kier molecular flexibility index (Phi) is 11.1. The molecule has 2 aromatic rings. The normalized spacial score (nSPS) is 12.0. The summed E-state index contributed by atoms with van der Waals surface area (Å²) < 4.78 is 11.9. The summed E-state index contributed by atoms with van der Waals surface area (Å²) in [6.45, 7) is 6.32. The van der Waals surface area contributed by atoms with Crippen molar-refractivity contribution >= 4 is 57.2 Å². The third-order valence-corrected chi connectivity index (χ3v) is 6.13. The smallest absolute Gasteiger partial charge is 0.262 e. The Morgan fingerprint density at radius 1 is 1.18 bits per heavy atom. The van der Waals surface area contributed by atoms with Crippen LogP contribution in [0.5, 0.6) is 11.5 Å². The number of unbranched alkanes of at least 4 members (excludes halogenated alkanes) is 1. The van der Waals surface area contributed by atoms with Crippen molar-refractivity contribution in [3.8, 4) is 11.5 Å². The van der Waals surface area contributed by atoms with E-state index < -0.39 is 17.9 Å². The molecule has 1 atom stereocenters. The van der Waals surface area contributed by atoms with Crippen LogP contribution in [-0.4, -0.2) is 37.8 Å². The summed E-state index contributed by atoms with van der Waals surface area (Å²) in [5, 5.41) is 7.36. The number of nitrogens with one attached hydrogen (secondary N) is 2. The van der Waals surface area contributed by atoms with E-state index in [2.05, 4.69) is 38.7 Å². The molecule has 0 fully saturated rings. The number of hydrogen-bond donors (Lipinski definition) is 2. The number of ether oxygens (including phenoxy) is 2. The average molecular weight is 573 g/mol. The third-order valence-electron chi connectivity index (χ3n) is 4.80. The molecule has 0 heterocycles. The van der Waals surface area contributed by atoms with Crippen LogP contribution in [0.1, 0.15) is 49.5 Å². The molecule has 2 amide bonds. The van der Waals surface area contributed by atoms with Gasteiger partial charge in [-0.3, -0.25) is 9.59 Å². The minimum Gasteiger partial charge on any atom is -0.493 e. The first-order chi connectivity index (χ1) is 16.2. The quantitative estimate of drug-likeness (QED) is 0.201. The molecule has 0 spiro atoms. The Bertz CT molecular complexity index is 1050. The van der Waals surface area contributed by atoms with E-state index in [1.165, 1.54) is 24.4 Å². The lowest BCUT2D eigenvalue weighted by Crippen LogP contribution is -2.48. The zero-order valence-corrected chi connectivity index (χ0v) is 22.6. The molecule has 0 aliphatic carbocycles. The van der Waals surface area contributed by atoms with Crippen molar-refractivity contribution in [3.05, 3.63) is 56.0 Å². The molecule has 184 valence electrons. The second-order valence-electron chi connectivity index (χ2n) is 7.79. The number of methoxy groups -OCH3 is 1. The van der Waals surface area contributed by atoms with Crippen molar-refractivity contribution in [1.82, 2.24) is 10.7 Å². The van der Waals surface area contributed by atoms with E-state index in [1.807, 2.05) is 19.9 Å². The van der Waals surface area contributed by atoms with Gasteiger partial charge in [-0.25, -0.2) is 5.43 Å². The third kappa shape index (κ3) is 7.89. The molecule has 2 N–H and O–H groups in total. The van der Waals surface area contributed by atoms with Crippen LogP contribution in [0.15, 0.2) is 39.9 Å². The number of halogens is 3. The Labute approximate surface area is 218 Å². The van der Waals surface area contributed by atoms with E-state index in [9.17, 15) is 9.59 Å². The number of nitrogens with zero attached hydrogens (tertiary/aromatic N) is 1. The number of benzene rings is 2. The van der Waals surface area contributed by atoms with Crippen LogP contribution in [-0.2, 0) is 4.79 Å². The minimum atomic E-state index is -0.810. The first kappa shape index (κ1) is 28.0. The van der Waals surface area contributed by atoms with Crippen LogP contribution >= 0.6 is 39.1 Å². The van der Waals surface area contributed by atoms with Gasteiger partial charge in [-0.15, -0.1) is 0 Å². The highest BCUT2D eigenvalue weighted by Crippen LogP contribution is 2.36. The predicted molar refractivity (Wildman–Crippen MR) is 139 cm³/mol. The number of carbonyl (C=O) groups is 2. The summed E-state index contributed by atoms with van der Waals surface area (Å²) in [4.78, 5) is 25.3. The van der Waals surface area contributed by atoms with Gasteiger partial charge in [0, 0.05) is 5.56 Å². The van der Waals surface area contributed by atoms with Gasteiger partial charge in [0.1, 0.15) is 6.04 Å². The van der Waals surface area contributed by atoms with Crippen molar-refractivity contribution in [2.75, 3.05) is 13.7 Å². The Balaban J connectivity index is 2.07. The molecule has 0 radical (unpaired) electrons. The molecule has 1 unspecified atom stereocenters. The highest BCUT2D eigenvalue weighted by Gasteiger charge is 2.24. The van der Waals surface area contributed by atoms with Gasteiger partial charge >= 0.3 is 0 Å². The number of hydrogen-bond acceptors (Lipinski definition) is 5. The summed E-state index contributed by atoms with van der Waals surface area (Å²) in [5.41, 5.74) is 3.47. The molecule has 2 aromatic carbocycles. The number of rotatable bonds is 11. The molecule has 10 heteroatoms. The van der Waals surface area contributed by atoms with Crippen LogP contribution in [0.4, 0.5) is 0 Å². The Hall–Kier alpha value is -2.29. The molecule has 2 rings (SSSR count). The molecular formula is C24H28BrCl2N3O4. The standard InChI is InChI=1S/C24H28BrCl2N3O4/c1-5-6-9-34-22-17(25)10-15(11-20(22)33-4)13-28-30-24(32)21(14(2)3)29-23(31)16-7-8-18(26)19(27)12-16/h7-8,10-14,21H,5-6,9H2,1-4H3,(H,29,31)(H,30,32). The van der Waals surface area contributed by atoms with E-state index in [1.54, 1.807) is 13.2 Å². The summed E-state index contributed by atoms with van der Waals surface area (Å²) in [6, 6.07) is 7.28. The van der Waals surface area contributed by atoms with Crippen molar-refractivity contribution in [3.63, 3.8) is 0 Å². The van der Waals surface area contributed by atoms with Gasteiger partial charge in [-0.1, -0.05) is 50.4 Å². The number of hydrazone groups is 1. The molecule has 0 aromatic heterocycles. The molecule has 0 bridgehead atoms. The number of carbonyl (C=O) groups excluding carboxylic acids is 2. The van der Waals surface area contributed by atoms with Crippen molar-refractivity contribution in [2.24, 2.45) is 11.0 Å². The van der Waals surface area contributed by atoms with Gasteiger partial charge in [-0.2, -0.15) is 5.10 Å². The van der Waals surface area contributed by atoms with E-state index in [0.717, 1.165) is 12.8 Å². The maximum atomic E-state index is 12.7. The lowest BCUT2D eigenvalue weighted by atomic mass is 10.0. The van der Waals surface area contributed by atoms with Gasteiger partial charge in [0.2, 0.25) is 0 Å². The van der Waals surface area contributed by atoms with E-state index in [-0.39, 0.29) is 10.9 Å². The zero-order valence-electron chi connectivity index (χ0n) is 19.5. The first-order valence-corrected chi connectivity index (χ1v) is 12.3. The highest BCUT2D eigenvalue weighted by molar-refractivity contribution is 9.10.